The van der Waals surface area contributed by atoms with Gasteiger partial charge in [-0.1, -0.05) is 48.5 Å². The van der Waals surface area contributed by atoms with Crippen molar-refractivity contribution in [2.45, 2.75) is 0 Å². The van der Waals surface area contributed by atoms with Crippen LogP contribution in [0.25, 0.3) is 22.4 Å². The molecule has 0 fully saturated rings. The Morgan fingerprint density at radius 2 is 1.61 bits per heavy atom. The minimum absolute atomic E-state index is 0.954. The van der Waals surface area contributed by atoms with Crippen molar-refractivity contribution in [2.24, 2.45) is 0 Å². The van der Waals surface area contributed by atoms with Gasteiger partial charge in [-0.15, -0.1) is 0 Å². The quantitative estimate of drug-likeness (QED) is 0.642. The maximum atomic E-state index is 4.35. The third-order valence-corrected chi connectivity index (χ3v) is 2.85. The molecule has 0 saturated heterocycles. The summed E-state index contributed by atoms with van der Waals surface area (Å²) in [6.07, 6.45) is 1.80. The number of nitrogens with zero attached hydrogens (tertiary/aromatic N) is 1. The monoisotopic (exact) mass is 230 g/mol. The van der Waals surface area contributed by atoms with Crippen LogP contribution in [0.2, 0.25) is 0 Å². The Kier molecular flexibility index (Phi) is 2.89. The van der Waals surface area contributed by atoms with E-state index in [2.05, 4.69) is 35.3 Å². The highest BCUT2D eigenvalue weighted by Gasteiger charge is 2.01. The molecule has 0 bridgehead atoms. The molecular weight excluding hydrogens is 218 g/mol. The van der Waals surface area contributed by atoms with Crippen LogP contribution in [-0.2, 0) is 0 Å². The van der Waals surface area contributed by atoms with E-state index in [1.165, 1.54) is 11.1 Å². The van der Waals surface area contributed by atoms with Crippen molar-refractivity contribution in [2.75, 3.05) is 0 Å². The van der Waals surface area contributed by atoms with Crippen LogP contribution in [0, 0.1) is 6.07 Å². The van der Waals surface area contributed by atoms with Crippen LogP contribution in [0.1, 0.15) is 0 Å². The van der Waals surface area contributed by atoms with Gasteiger partial charge in [-0.05, 0) is 35.4 Å². The first-order valence-corrected chi connectivity index (χ1v) is 5.92. The van der Waals surface area contributed by atoms with Crippen LogP contribution in [0.5, 0.6) is 0 Å². The molecule has 1 nitrogen and oxygen atoms in total. The first kappa shape index (κ1) is 10.7. The van der Waals surface area contributed by atoms with Crippen LogP contribution >= 0.6 is 0 Å². The summed E-state index contributed by atoms with van der Waals surface area (Å²) in [5.41, 5.74) is 4.38. The fraction of sp³-hybridized carbons (Fsp3) is 0. The lowest BCUT2D eigenvalue weighted by atomic mass is 10.0. The van der Waals surface area contributed by atoms with Gasteiger partial charge in [-0.25, -0.2) is 0 Å². The Morgan fingerprint density at radius 1 is 0.778 bits per heavy atom. The second kappa shape index (κ2) is 4.84. The summed E-state index contributed by atoms with van der Waals surface area (Å²) in [5.74, 6) is 0. The number of hydrogen-bond acceptors (Lipinski definition) is 1. The van der Waals surface area contributed by atoms with Crippen molar-refractivity contribution < 1.29 is 0 Å². The van der Waals surface area contributed by atoms with Gasteiger partial charge in [0.05, 0.1) is 5.69 Å². The maximum absolute atomic E-state index is 4.35. The van der Waals surface area contributed by atoms with Crippen molar-refractivity contribution in [1.82, 2.24) is 4.98 Å². The van der Waals surface area contributed by atoms with E-state index in [9.17, 15) is 0 Å². The lowest BCUT2D eigenvalue weighted by Gasteiger charge is -2.04. The van der Waals surface area contributed by atoms with E-state index in [1.54, 1.807) is 6.20 Å². The van der Waals surface area contributed by atoms with Gasteiger partial charge in [0.2, 0.25) is 0 Å². The average Bonchev–Trinajstić information content (AvgIpc) is 2.49. The smallest absolute Gasteiger partial charge is 0.0708 e. The van der Waals surface area contributed by atoms with Gasteiger partial charge in [0, 0.05) is 11.8 Å². The third kappa shape index (κ3) is 2.16. The third-order valence-electron chi connectivity index (χ3n) is 2.85. The van der Waals surface area contributed by atoms with Gasteiger partial charge in [-0.3, -0.25) is 4.98 Å². The first-order chi connectivity index (χ1) is 8.93. The zero-order valence-corrected chi connectivity index (χ0v) is 9.88. The normalized spacial score (nSPS) is 10.2. The van der Waals surface area contributed by atoms with E-state index in [-0.39, 0.29) is 0 Å². The van der Waals surface area contributed by atoms with Gasteiger partial charge < -0.3 is 0 Å². The summed E-state index contributed by atoms with van der Waals surface area (Å²) in [7, 11) is 0. The zero-order chi connectivity index (χ0) is 12.2. The number of hydrogen-bond donors (Lipinski definition) is 0. The largest absolute Gasteiger partial charge is 0.256 e. The molecule has 1 radical (unpaired) electrons. The highest BCUT2D eigenvalue weighted by Crippen LogP contribution is 2.24. The van der Waals surface area contributed by atoms with E-state index in [0.29, 0.717) is 0 Å². The van der Waals surface area contributed by atoms with Gasteiger partial charge in [0.1, 0.15) is 0 Å². The number of benzene rings is 2. The Bertz CT molecular complexity index is 575. The van der Waals surface area contributed by atoms with Crippen molar-refractivity contribution >= 4 is 0 Å². The van der Waals surface area contributed by atoms with Gasteiger partial charge in [-0.2, -0.15) is 0 Å². The van der Waals surface area contributed by atoms with Crippen LogP contribution in [0.4, 0.5) is 0 Å². The molecule has 3 aromatic rings. The van der Waals surface area contributed by atoms with E-state index in [4.69, 9.17) is 0 Å². The zero-order valence-electron chi connectivity index (χ0n) is 9.88. The molecule has 0 saturated carbocycles. The SMILES string of the molecule is [c]1ccc(-c2ccccc2)cc1-c1ccccn1. The Hall–Kier alpha value is -2.41. The molecule has 2 aromatic carbocycles. The van der Waals surface area contributed by atoms with Gasteiger partial charge in [0.15, 0.2) is 0 Å². The molecule has 85 valence electrons. The number of pyridine rings is 1. The van der Waals surface area contributed by atoms with Gasteiger partial charge >= 0.3 is 0 Å². The number of aromatic nitrogens is 1. The lowest BCUT2D eigenvalue weighted by molar-refractivity contribution is 1.32. The highest BCUT2D eigenvalue weighted by atomic mass is 14.7. The van der Waals surface area contributed by atoms with Crippen molar-refractivity contribution in [3.63, 3.8) is 0 Å². The summed E-state index contributed by atoms with van der Waals surface area (Å²) < 4.78 is 0. The van der Waals surface area contributed by atoms with Crippen molar-refractivity contribution in [3.8, 4) is 22.4 Å². The molecule has 0 aliphatic heterocycles. The molecular formula is C17H12N. The van der Waals surface area contributed by atoms with E-state index in [0.717, 1.165) is 11.3 Å². The molecule has 0 spiro atoms. The molecule has 3 rings (SSSR count). The average molecular weight is 230 g/mol. The molecule has 0 N–H and O–H groups in total. The fourth-order valence-corrected chi connectivity index (χ4v) is 1.95. The van der Waals surface area contributed by atoms with E-state index >= 15 is 0 Å². The maximum Gasteiger partial charge on any atom is 0.0708 e. The Balaban J connectivity index is 2.05. The van der Waals surface area contributed by atoms with E-state index < -0.39 is 0 Å². The highest BCUT2D eigenvalue weighted by molar-refractivity contribution is 5.70. The fourth-order valence-electron chi connectivity index (χ4n) is 1.95. The summed E-state index contributed by atoms with van der Waals surface area (Å²) in [6.45, 7) is 0. The molecule has 0 unspecified atom stereocenters. The molecule has 0 atom stereocenters. The molecule has 1 aromatic heterocycles. The predicted molar refractivity (Wildman–Crippen MR) is 73.9 cm³/mol. The van der Waals surface area contributed by atoms with Crippen LogP contribution in [-0.4, -0.2) is 4.98 Å². The van der Waals surface area contributed by atoms with Crippen molar-refractivity contribution in [3.05, 3.63) is 79.0 Å². The first-order valence-electron chi connectivity index (χ1n) is 5.92. The van der Waals surface area contributed by atoms with Crippen LogP contribution < -0.4 is 0 Å². The molecule has 1 heteroatoms. The standard InChI is InChI=1S/C17H12N/c1-2-7-14(8-3-1)15-9-6-10-16(13-15)17-11-4-5-12-18-17/h1-9,11-13H. The predicted octanol–water partition coefficient (Wildman–Crippen LogP) is 4.22. The molecule has 0 aliphatic rings. The summed E-state index contributed by atoms with van der Waals surface area (Å²) >= 11 is 0. The molecule has 1 heterocycles. The summed E-state index contributed by atoms with van der Waals surface area (Å²) in [6, 6.07) is 25.6. The topological polar surface area (TPSA) is 12.9 Å². The minimum atomic E-state index is 0.954. The Labute approximate surface area is 107 Å². The molecule has 0 aliphatic carbocycles. The lowest BCUT2D eigenvalue weighted by Crippen LogP contribution is -1.83. The van der Waals surface area contributed by atoms with E-state index in [1.807, 2.05) is 42.5 Å². The second-order valence-corrected chi connectivity index (χ2v) is 4.07. The molecule has 18 heavy (non-hydrogen) atoms. The second-order valence-electron chi connectivity index (χ2n) is 4.07. The van der Waals surface area contributed by atoms with Crippen LogP contribution in [0.15, 0.2) is 72.9 Å². The Morgan fingerprint density at radius 3 is 2.39 bits per heavy atom. The summed E-state index contributed by atoms with van der Waals surface area (Å²) in [4.78, 5) is 4.35. The molecule has 0 amide bonds. The summed E-state index contributed by atoms with van der Waals surface area (Å²) in [5, 5.41) is 0. The minimum Gasteiger partial charge on any atom is -0.256 e. The van der Waals surface area contributed by atoms with Crippen molar-refractivity contribution in [1.29, 1.82) is 0 Å². The van der Waals surface area contributed by atoms with Gasteiger partial charge in [0.25, 0.3) is 0 Å². The van der Waals surface area contributed by atoms with Crippen LogP contribution in [0.3, 0.4) is 0 Å². The number of rotatable bonds is 2.